The van der Waals surface area contributed by atoms with E-state index in [4.69, 9.17) is 18.9 Å². The predicted octanol–water partition coefficient (Wildman–Crippen LogP) is 4.23. The summed E-state index contributed by atoms with van der Waals surface area (Å²) >= 11 is 0. The summed E-state index contributed by atoms with van der Waals surface area (Å²) in [4.78, 5) is 11.8. The lowest BCUT2D eigenvalue weighted by Crippen LogP contribution is -2.27. The highest BCUT2D eigenvalue weighted by Crippen LogP contribution is 2.32. The van der Waals surface area contributed by atoms with Crippen molar-refractivity contribution >= 4 is 5.97 Å². The van der Waals surface area contributed by atoms with Crippen LogP contribution in [0.25, 0.3) is 0 Å². The summed E-state index contributed by atoms with van der Waals surface area (Å²) in [6.07, 6.45) is 0.0116. The van der Waals surface area contributed by atoms with Crippen LogP contribution >= 0.6 is 0 Å². The number of halogens is 1. The molecule has 0 bridgehead atoms. The van der Waals surface area contributed by atoms with Gasteiger partial charge in [-0.2, -0.15) is 0 Å². The van der Waals surface area contributed by atoms with E-state index in [9.17, 15) is 14.3 Å². The van der Waals surface area contributed by atoms with E-state index in [1.807, 2.05) is 0 Å². The van der Waals surface area contributed by atoms with Crippen molar-refractivity contribution < 1.29 is 33.2 Å². The molecule has 6 nitrogen and oxygen atoms in total. The molecule has 0 fully saturated rings. The Hall–Kier alpha value is -2.80. The van der Waals surface area contributed by atoms with E-state index in [2.05, 4.69) is 0 Å². The molecule has 0 unspecified atom stereocenters. The summed E-state index contributed by atoms with van der Waals surface area (Å²) in [5, 5.41) is 10.5. The number of methoxy groups -OCH3 is 2. The minimum Gasteiger partial charge on any atom is -0.493 e. The average Bonchev–Trinajstić information content (AvgIpc) is 2.69. The number of aliphatic hydroxyl groups excluding tert-OH is 1. The zero-order valence-electron chi connectivity index (χ0n) is 18.0. The van der Waals surface area contributed by atoms with Crippen molar-refractivity contribution in [3.05, 3.63) is 53.3 Å². The normalized spacial score (nSPS) is 12.2. The molecule has 0 heterocycles. The molecule has 2 rings (SSSR count). The zero-order valence-corrected chi connectivity index (χ0v) is 18.0. The van der Waals surface area contributed by atoms with Gasteiger partial charge in [0.15, 0.2) is 23.9 Å². The molecule has 0 amide bonds. The lowest BCUT2D eigenvalue weighted by molar-refractivity contribution is -0.157. The molecule has 0 saturated heterocycles. The van der Waals surface area contributed by atoms with E-state index in [-0.39, 0.29) is 12.4 Å². The van der Waals surface area contributed by atoms with Gasteiger partial charge in [-0.3, -0.25) is 0 Å². The van der Waals surface area contributed by atoms with Crippen molar-refractivity contribution in [1.29, 1.82) is 0 Å². The van der Waals surface area contributed by atoms with Gasteiger partial charge >= 0.3 is 5.97 Å². The molecule has 1 atom stereocenters. The van der Waals surface area contributed by atoms with Gasteiger partial charge < -0.3 is 24.1 Å². The molecular formula is C23H29FO6. The van der Waals surface area contributed by atoms with Crippen LogP contribution in [0.2, 0.25) is 0 Å². The van der Waals surface area contributed by atoms with E-state index in [0.717, 1.165) is 0 Å². The first-order valence-electron chi connectivity index (χ1n) is 9.66. The molecule has 0 aliphatic rings. The fraction of sp³-hybridized carbons (Fsp3) is 0.435. The Balaban J connectivity index is 1.98. The summed E-state index contributed by atoms with van der Waals surface area (Å²) in [7, 11) is 2.82. The molecule has 0 radical (unpaired) electrons. The number of hydrogen-bond acceptors (Lipinski definition) is 6. The lowest BCUT2D eigenvalue weighted by Gasteiger charge is -2.19. The molecule has 0 saturated carbocycles. The second kappa shape index (κ2) is 10.3. The van der Waals surface area contributed by atoms with Gasteiger partial charge in [0.25, 0.3) is 0 Å². The van der Waals surface area contributed by atoms with E-state index in [0.29, 0.717) is 35.5 Å². The Labute approximate surface area is 176 Å². The molecule has 164 valence electrons. The third-order valence-corrected chi connectivity index (χ3v) is 4.22. The highest BCUT2D eigenvalue weighted by atomic mass is 19.1. The minimum atomic E-state index is -0.786. The number of carbonyl (C=O) groups excluding carboxylic acids is 1. The molecular weight excluding hydrogens is 391 g/mol. The van der Waals surface area contributed by atoms with Crippen LogP contribution in [0, 0.1) is 5.82 Å². The first kappa shape index (κ1) is 23.5. The van der Waals surface area contributed by atoms with Crippen LogP contribution in [0.15, 0.2) is 36.4 Å². The van der Waals surface area contributed by atoms with Crippen molar-refractivity contribution in [1.82, 2.24) is 0 Å². The van der Waals surface area contributed by atoms with Crippen LogP contribution in [0.5, 0.6) is 17.2 Å². The third kappa shape index (κ3) is 6.91. The van der Waals surface area contributed by atoms with Gasteiger partial charge in [-0.25, -0.2) is 9.18 Å². The van der Waals surface area contributed by atoms with Crippen LogP contribution in [-0.4, -0.2) is 37.5 Å². The van der Waals surface area contributed by atoms with Crippen molar-refractivity contribution in [2.75, 3.05) is 20.8 Å². The quantitative estimate of drug-likeness (QED) is 0.612. The van der Waals surface area contributed by atoms with Crippen molar-refractivity contribution in [2.45, 2.75) is 45.3 Å². The lowest BCUT2D eigenvalue weighted by atomic mass is 10.0. The summed E-state index contributed by atoms with van der Waals surface area (Å²) in [5.41, 5.74) is 0.737. The van der Waals surface area contributed by atoms with Gasteiger partial charge in [0, 0.05) is 0 Å². The van der Waals surface area contributed by atoms with Gasteiger partial charge in [0.05, 0.1) is 20.3 Å². The van der Waals surface area contributed by atoms with Crippen LogP contribution < -0.4 is 14.2 Å². The Kier molecular flexibility index (Phi) is 8.06. The van der Waals surface area contributed by atoms with Gasteiger partial charge in [0.1, 0.15) is 11.4 Å². The van der Waals surface area contributed by atoms with E-state index in [1.54, 1.807) is 51.1 Å². The number of esters is 1. The second-order valence-electron chi connectivity index (χ2n) is 7.82. The number of rotatable bonds is 9. The van der Waals surface area contributed by atoms with Crippen molar-refractivity contribution in [3.63, 3.8) is 0 Å². The second-order valence-corrected chi connectivity index (χ2v) is 7.82. The Bertz CT molecular complexity index is 859. The first-order valence-corrected chi connectivity index (χ1v) is 9.66. The number of aryl methyl sites for hydroxylation is 1. The summed E-state index contributed by atoms with van der Waals surface area (Å²) < 4.78 is 35.0. The topological polar surface area (TPSA) is 74.2 Å². The maximum atomic E-state index is 14.1. The number of ether oxygens (including phenoxy) is 4. The number of benzene rings is 2. The molecule has 1 N–H and O–H groups in total. The fourth-order valence-electron chi connectivity index (χ4n) is 2.91. The SMILES string of the molecule is COc1cc(CC[C@@H](O)c2cccc(OCC(=O)OC(C)(C)C)c2)cc(F)c1OC. The van der Waals surface area contributed by atoms with E-state index < -0.39 is 23.5 Å². The number of carbonyl (C=O) groups is 1. The Morgan fingerprint density at radius 3 is 2.50 bits per heavy atom. The monoisotopic (exact) mass is 420 g/mol. The van der Waals surface area contributed by atoms with Crippen LogP contribution in [-0.2, 0) is 16.0 Å². The van der Waals surface area contributed by atoms with Crippen LogP contribution in [0.1, 0.15) is 44.4 Å². The highest BCUT2D eigenvalue weighted by Gasteiger charge is 2.17. The fourth-order valence-corrected chi connectivity index (χ4v) is 2.91. The Morgan fingerprint density at radius 1 is 1.13 bits per heavy atom. The van der Waals surface area contributed by atoms with Crippen molar-refractivity contribution in [2.24, 2.45) is 0 Å². The summed E-state index contributed by atoms with van der Waals surface area (Å²) in [6.45, 7) is 5.13. The first-order chi connectivity index (χ1) is 14.1. The molecule has 0 aliphatic carbocycles. The number of hydrogen-bond donors (Lipinski definition) is 1. The Morgan fingerprint density at radius 2 is 1.87 bits per heavy atom. The van der Waals surface area contributed by atoms with Crippen molar-refractivity contribution in [3.8, 4) is 17.2 Å². The average molecular weight is 420 g/mol. The van der Waals surface area contributed by atoms with Gasteiger partial charge in [-0.05, 0) is 69.0 Å². The molecule has 0 aliphatic heterocycles. The molecule has 7 heteroatoms. The van der Waals surface area contributed by atoms with E-state index >= 15 is 0 Å². The molecule has 0 spiro atoms. The summed E-state index contributed by atoms with van der Waals surface area (Å²) in [5.74, 6) is -0.173. The summed E-state index contributed by atoms with van der Waals surface area (Å²) in [6, 6.07) is 9.93. The predicted molar refractivity (Wildman–Crippen MR) is 111 cm³/mol. The highest BCUT2D eigenvalue weighted by molar-refractivity contribution is 5.71. The standard InChI is InChI=1S/C23H29FO6/c1-23(2,3)30-21(26)14-29-17-8-6-7-16(13-17)19(25)10-9-15-11-18(24)22(28-5)20(12-15)27-4/h6-8,11-13,19,25H,9-10,14H2,1-5H3/t19-/m1/s1. The maximum absolute atomic E-state index is 14.1. The van der Waals surface area contributed by atoms with Gasteiger partial charge in [-0.1, -0.05) is 12.1 Å². The minimum absolute atomic E-state index is 0.0524. The van der Waals surface area contributed by atoms with Crippen LogP contribution in [0.3, 0.4) is 0 Å². The van der Waals surface area contributed by atoms with Crippen LogP contribution in [0.4, 0.5) is 4.39 Å². The maximum Gasteiger partial charge on any atom is 0.344 e. The van der Waals surface area contributed by atoms with Gasteiger partial charge in [-0.15, -0.1) is 0 Å². The zero-order chi connectivity index (χ0) is 22.3. The smallest absolute Gasteiger partial charge is 0.344 e. The number of aliphatic hydroxyl groups is 1. The molecule has 0 aromatic heterocycles. The largest absolute Gasteiger partial charge is 0.493 e. The molecule has 30 heavy (non-hydrogen) atoms. The molecule has 2 aromatic carbocycles. The molecule has 2 aromatic rings. The third-order valence-electron chi connectivity index (χ3n) is 4.22. The van der Waals surface area contributed by atoms with E-state index in [1.165, 1.54) is 20.3 Å². The van der Waals surface area contributed by atoms with Gasteiger partial charge in [0.2, 0.25) is 0 Å².